The molecule has 1 unspecified atom stereocenters. The third-order valence-corrected chi connectivity index (χ3v) is 2.85. The van der Waals surface area contributed by atoms with Gasteiger partial charge in [0, 0.05) is 7.05 Å². The normalized spacial score (nSPS) is 12.5. The zero-order valence-corrected chi connectivity index (χ0v) is 11.0. The molecule has 0 amide bonds. The van der Waals surface area contributed by atoms with Crippen LogP contribution in [0.3, 0.4) is 0 Å². The lowest BCUT2D eigenvalue weighted by Gasteiger charge is -2.07. The van der Waals surface area contributed by atoms with E-state index in [1.807, 2.05) is 20.9 Å². The van der Waals surface area contributed by atoms with E-state index in [9.17, 15) is 5.11 Å². The van der Waals surface area contributed by atoms with Crippen LogP contribution in [0.5, 0.6) is 11.5 Å². The van der Waals surface area contributed by atoms with Gasteiger partial charge in [-0.05, 0) is 32.9 Å². The molecule has 2 heterocycles. The summed E-state index contributed by atoms with van der Waals surface area (Å²) in [6.07, 6.45) is 1.04. The van der Waals surface area contributed by atoms with Crippen LogP contribution in [-0.4, -0.2) is 19.9 Å². The van der Waals surface area contributed by atoms with Crippen molar-refractivity contribution in [2.75, 3.05) is 0 Å². The van der Waals surface area contributed by atoms with Crippen molar-refractivity contribution in [3.05, 3.63) is 35.4 Å². The largest absolute Gasteiger partial charge is 0.452 e. The fraction of sp³-hybridized carbons (Fsp3) is 0.385. The van der Waals surface area contributed by atoms with E-state index in [2.05, 4.69) is 10.1 Å². The molecule has 96 valence electrons. The van der Waals surface area contributed by atoms with Gasteiger partial charge in [0.2, 0.25) is 0 Å². The molecule has 2 rings (SSSR count). The molecule has 0 spiro atoms. The van der Waals surface area contributed by atoms with Crippen LogP contribution < -0.4 is 4.74 Å². The van der Waals surface area contributed by atoms with Crippen molar-refractivity contribution in [1.29, 1.82) is 0 Å². The molecule has 18 heavy (non-hydrogen) atoms. The van der Waals surface area contributed by atoms with Gasteiger partial charge in [-0.1, -0.05) is 0 Å². The molecule has 0 bridgehead atoms. The summed E-state index contributed by atoms with van der Waals surface area (Å²) in [5.41, 5.74) is 2.43. The molecule has 0 aliphatic rings. The highest BCUT2D eigenvalue weighted by atomic mass is 16.5. The van der Waals surface area contributed by atoms with E-state index in [1.165, 1.54) is 0 Å². The quantitative estimate of drug-likeness (QED) is 0.904. The molecule has 1 atom stereocenters. The number of ether oxygens (including phenoxy) is 1. The lowest BCUT2D eigenvalue weighted by molar-refractivity contribution is 0.194. The van der Waals surface area contributed by atoms with Gasteiger partial charge in [-0.2, -0.15) is 5.10 Å². The van der Waals surface area contributed by atoms with Crippen LogP contribution >= 0.6 is 0 Å². The molecule has 0 aliphatic carbocycles. The first-order chi connectivity index (χ1) is 8.49. The highest BCUT2D eigenvalue weighted by Gasteiger charge is 2.12. The van der Waals surface area contributed by atoms with Crippen LogP contribution in [-0.2, 0) is 7.05 Å². The third-order valence-electron chi connectivity index (χ3n) is 2.85. The van der Waals surface area contributed by atoms with E-state index >= 15 is 0 Å². The van der Waals surface area contributed by atoms with Crippen molar-refractivity contribution in [3.63, 3.8) is 0 Å². The number of aryl methyl sites for hydroxylation is 2. The minimum absolute atomic E-state index is 0.569. The maximum absolute atomic E-state index is 9.38. The summed E-state index contributed by atoms with van der Waals surface area (Å²) in [7, 11) is 1.88. The summed E-state index contributed by atoms with van der Waals surface area (Å²) in [5, 5.41) is 13.7. The first-order valence-corrected chi connectivity index (χ1v) is 5.81. The van der Waals surface area contributed by atoms with Gasteiger partial charge in [-0.25, -0.2) is 0 Å². The number of hydrogen-bond donors (Lipinski definition) is 1. The molecule has 0 radical (unpaired) electrons. The Morgan fingerprint density at radius 1 is 1.33 bits per heavy atom. The van der Waals surface area contributed by atoms with Gasteiger partial charge in [-0.3, -0.25) is 9.67 Å². The van der Waals surface area contributed by atoms with Gasteiger partial charge < -0.3 is 9.84 Å². The number of hydrogen-bond acceptors (Lipinski definition) is 4. The molecule has 2 aromatic rings. The zero-order valence-electron chi connectivity index (χ0n) is 11.0. The summed E-state index contributed by atoms with van der Waals surface area (Å²) < 4.78 is 7.55. The summed E-state index contributed by atoms with van der Waals surface area (Å²) in [5.74, 6) is 1.39. The van der Waals surface area contributed by atoms with Gasteiger partial charge >= 0.3 is 0 Å². The summed E-state index contributed by atoms with van der Waals surface area (Å²) >= 11 is 0. The monoisotopic (exact) mass is 247 g/mol. The Bertz CT molecular complexity index is 544. The Morgan fingerprint density at radius 2 is 2.06 bits per heavy atom. The highest BCUT2D eigenvalue weighted by Crippen LogP contribution is 2.27. The van der Waals surface area contributed by atoms with Crippen molar-refractivity contribution in [2.45, 2.75) is 26.9 Å². The number of aromatic nitrogens is 3. The van der Waals surface area contributed by atoms with Crippen LogP contribution in [0, 0.1) is 13.8 Å². The van der Waals surface area contributed by atoms with Crippen LogP contribution in [0.15, 0.2) is 18.3 Å². The van der Waals surface area contributed by atoms with Gasteiger partial charge in [0.05, 0.1) is 23.7 Å². The van der Waals surface area contributed by atoms with E-state index in [1.54, 1.807) is 29.9 Å². The molecule has 5 heteroatoms. The maximum Gasteiger partial charge on any atom is 0.171 e. The van der Waals surface area contributed by atoms with Crippen LogP contribution in [0.25, 0.3) is 0 Å². The Labute approximate surface area is 106 Å². The van der Waals surface area contributed by atoms with Crippen molar-refractivity contribution in [3.8, 4) is 11.5 Å². The first-order valence-electron chi connectivity index (χ1n) is 5.81. The van der Waals surface area contributed by atoms with Gasteiger partial charge in [0.15, 0.2) is 5.75 Å². The fourth-order valence-corrected chi connectivity index (χ4v) is 1.72. The molecule has 0 aromatic carbocycles. The molecule has 0 aliphatic heterocycles. The summed E-state index contributed by atoms with van der Waals surface area (Å²) in [6, 6.07) is 3.54. The Balaban J connectivity index is 2.23. The highest BCUT2D eigenvalue weighted by molar-refractivity contribution is 5.36. The minimum Gasteiger partial charge on any atom is -0.452 e. The van der Waals surface area contributed by atoms with E-state index in [0.717, 1.165) is 17.1 Å². The molecule has 5 nitrogen and oxygen atoms in total. The number of pyridine rings is 1. The van der Waals surface area contributed by atoms with Crippen LogP contribution in [0.1, 0.15) is 30.1 Å². The molecular formula is C13H17N3O2. The van der Waals surface area contributed by atoms with Crippen molar-refractivity contribution in [1.82, 2.24) is 14.8 Å². The average molecular weight is 247 g/mol. The standard InChI is InChI=1S/C13H17N3O2/c1-8-13(9(2)16(4)15-8)18-11-5-6-12(10(3)17)14-7-11/h5-7,10,17H,1-4H3. The van der Waals surface area contributed by atoms with Crippen molar-refractivity contribution in [2.24, 2.45) is 7.05 Å². The lowest BCUT2D eigenvalue weighted by Crippen LogP contribution is -1.96. The molecule has 0 saturated heterocycles. The third kappa shape index (κ3) is 2.36. The van der Waals surface area contributed by atoms with Crippen molar-refractivity contribution >= 4 is 0 Å². The molecule has 0 fully saturated rings. The van der Waals surface area contributed by atoms with Crippen molar-refractivity contribution < 1.29 is 9.84 Å². The summed E-state index contributed by atoms with van der Waals surface area (Å²) in [6.45, 7) is 5.53. The molecule has 2 aromatic heterocycles. The van der Waals surface area contributed by atoms with Gasteiger partial charge in [-0.15, -0.1) is 0 Å². The number of aliphatic hydroxyl groups excluding tert-OH is 1. The average Bonchev–Trinajstić information content (AvgIpc) is 2.57. The number of rotatable bonds is 3. The second-order valence-corrected chi connectivity index (χ2v) is 4.32. The van der Waals surface area contributed by atoms with E-state index in [4.69, 9.17) is 4.74 Å². The van der Waals surface area contributed by atoms with Crippen LogP contribution in [0.2, 0.25) is 0 Å². The van der Waals surface area contributed by atoms with E-state index in [-0.39, 0.29) is 0 Å². The Hall–Kier alpha value is -1.88. The Kier molecular flexibility index (Phi) is 3.34. The zero-order chi connectivity index (χ0) is 13.3. The van der Waals surface area contributed by atoms with E-state index in [0.29, 0.717) is 11.4 Å². The first kappa shape index (κ1) is 12.6. The summed E-state index contributed by atoms with van der Waals surface area (Å²) in [4.78, 5) is 4.14. The predicted octanol–water partition coefficient (Wildman–Crippen LogP) is 2.28. The molecule has 1 N–H and O–H groups in total. The Morgan fingerprint density at radius 3 is 2.50 bits per heavy atom. The smallest absolute Gasteiger partial charge is 0.171 e. The second-order valence-electron chi connectivity index (χ2n) is 4.32. The lowest BCUT2D eigenvalue weighted by atomic mass is 10.2. The molecular weight excluding hydrogens is 230 g/mol. The number of nitrogens with zero attached hydrogens (tertiary/aromatic N) is 3. The predicted molar refractivity (Wildman–Crippen MR) is 67.6 cm³/mol. The van der Waals surface area contributed by atoms with Gasteiger partial charge in [0.1, 0.15) is 11.4 Å². The number of aliphatic hydroxyl groups is 1. The fourth-order valence-electron chi connectivity index (χ4n) is 1.72. The SMILES string of the molecule is Cc1nn(C)c(C)c1Oc1ccc(C(C)O)nc1. The van der Waals surface area contributed by atoms with Crippen LogP contribution in [0.4, 0.5) is 0 Å². The minimum atomic E-state index is -0.569. The second kappa shape index (κ2) is 4.78. The maximum atomic E-state index is 9.38. The van der Waals surface area contributed by atoms with E-state index < -0.39 is 6.10 Å². The topological polar surface area (TPSA) is 60.2 Å². The van der Waals surface area contributed by atoms with Gasteiger partial charge in [0.25, 0.3) is 0 Å². The molecule has 0 saturated carbocycles.